The summed E-state index contributed by atoms with van der Waals surface area (Å²) in [5.74, 6) is 0. The van der Waals surface area contributed by atoms with Crippen molar-refractivity contribution in [3.8, 4) is 16.9 Å². The zero-order valence-electron chi connectivity index (χ0n) is 11.2. The summed E-state index contributed by atoms with van der Waals surface area (Å²) in [5, 5.41) is 4.38. The van der Waals surface area contributed by atoms with Crippen LogP contribution in [0, 0.1) is 6.92 Å². The molecule has 98 valence electrons. The first kappa shape index (κ1) is 12.4. The van der Waals surface area contributed by atoms with Crippen molar-refractivity contribution in [3.05, 3.63) is 71.9 Å². The van der Waals surface area contributed by atoms with E-state index < -0.39 is 0 Å². The molecular weight excluding hydrogens is 248 g/mol. The molecule has 0 amide bonds. The summed E-state index contributed by atoms with van der Waals surface area (Å²) in [6.45, 7) is 2.03. The highest BCUT2D eigenvalue weighted by Gasteiger charge is 2.14. The first-order valence-electron chi connectivity index (χ1n) is 6.46. The minimum atomic E-state index is 0.597. The van der Waals surface area contributed by atoms with Crippen molar-refractivity contribution in [2.24, 2.45) is 0 Å². The van der Waals surface area contributed by atoms with Gasteiger partial charge >= 0.3 is 0 Å². The van der Waals surface area contributed by atoms with Crippen molar-refractivity contribution >= 4 is 6.29 Å². The lowest BCUT2D eigenvalue weighted by atomic mass is 10.1. The molecule has 0 bridgehead atoms. The monoisotopic (exact) mass is 262 g/mol. The fourth-order valence-electron chi connectivity index (χ4n) is 2.32. The van der Waals surface area contributed by atoms with Crippen LogP contribution in [0.15, 0.2) is 60.8 Å². The molecule has 0 fully saturated rings. The normalized spacial score (nSPS) is 10.4. The average Bonchev–Trinajstić information content (AvgIpc) is 2.92. The van der Waals surface area contributed by atoms with Gasteiger partial charge in [-0.25, -0.2) is 4.68 Å². The summed E-state index contributed by atoms with van der Waals surface area (Å²) in [4.78, 5) is 11.3. The summed E-state index contributed by atoms with van der Waals surface area (Å²) in [7, 11) is 0. The summed E-state index contributed by atoms with van der Waals surface area (Å²) >= 11 is 0. The van der Waals surface area contributed by atoms with Gasteiger partial charge in [0.15, 0.2) is 6.29 Å². The molecule has 2 aromatic carbocycles. The van der Waals surface area contributed by atoms with Crippen molar-refractivity contribution < 1.29 is 4.79 Å². The van der Waals surface area contributed by atoms with E-state index in [1.807, 2.05) is 66.2 Å². The van der Waals surface area contributed by atoms with E-state index >= 15 is 0 Å². The van der Waals surface area contributed by atoms with E-state index in [4.69, 9.17) is 0 Å². The van der Waals surface area contributed by atoms with Gasteiger partial charge in [-0.2, -0.15) is 5.10 Å². The van der Waals surface area contributed by atoms with Crippen molar-refractivity contribution in [3.63, 3.8) is 0 Å². The van der Waals surface area contributed by atoms with Gasteiger partial charge in [-0.15, -0.1) is 0 Å². The predicted molar refractivity (Wildman–Crippen MR) is 79.1 cm³/mol. The van der Waals surface area contributed by atoms with Crippen LogP contribution in [0.25, 0.3) is 16.9 Å². The van der Waals surface area contributed by atoms with Crippen LogP contribution in [0.3, 0.4) is 0 Å². The molecule has 3 rings (SSSR count). The van der Waals surface area contributed by atoms with E-state index in [9.17, 15) is 4.79 Å². The maximum atomic E-state index is 11.3. The Morgan fingerprint density at radius 3 is 2.40 bits per heavy atom. The molecule has 3 aromatic rings. The SMILES string of the molecule is Cc1ccccc1-n1ncc(C=O)c1-c1ccccc1. The quantitative estimate of drug-likeness (QED) is 0.675. The van der Waals surface area contributed by atoms with E-state index in [1.54, 1.807) is 6.20 Å². The molecule has 1 aromatic heterocycles. The summed E-state index contributed by atoms with van der Waals surface area (Å²) in [6.07, 6.45) is 2.46. The smallest absolute Gasteiger partial charge is 0.153 e. The maximum Gasteiger partial charge on any atom is 0.153 e. The third-order valence-corrected chi connectivity index (χ3v) is 3.32. The highest BCUT2D eigenvalue weighted by Crippen LogP contribution is 2.26. The highest BCUT2D eigenvalue weighted by molar-refractivity contribution is 5.86. The average molecular weight is 262 g/mol. The minimum Gasteiger partial charge on any atom is -0.298 e. The zero-order chi connectivity index (χ0) is 13.9. The Morgan fingerprint density at radius 2 is 1.70 bits per heavy atom. The largest absolute Gasteiger partial charge is 0.298 e. The number of aldehydes is 1. The highest BCUT2D eigenvalue weighted by atomic mass is 16.1. The molecule has 20 heavy (non-hydrogen) atoms. The first-order valence-corrected chi connectivity index (χ1v) is 6.46. The molecule has 0 saturated heterocycles. The maximum absolute atomic E-state index is 11.3. The van der Waals surface area contributed by atoms with Crippen LogP contribution < -0.4 is 0 Å². The molecule has 1 heterocycles. The van der Waals surface area contributed by atoms with E-state index in [0.717, 1.165) is 28.8 Å². The van der Waals surface area contributed by atoms with Crippen LogP contribution in [0.4, 0.5) is 0 Å². The Hall–Kier alpha value is -2.68. The Labute approximate surface area is 117 Å². The second kappa shape index (κ2) is 5.13. The number of carbonyl (C=O) groups excluding carboxylic acids is 1. The molecule has 0 spiro atoms. The zero-order valence-corrected chi connectivity index (χ0v) is 11.2. The van der Waals surface area contributed by atoms with Gasteiger partial charge in [0.25, 0.3) is 0 Å². The Kier molecular flexibility index (Phi) is 3.17. The van der Waals surface area contributed by atoms with Gasteiger partial charge in [0.2, 0.25) is 0 Å². The summed E-state index contributed by atoms with van der Waals surface area (Å²) in [6, 6.07) is 17.8. The molecule has 0 aliphatic carbocycles. The summed E-state index contributed by atoms with van der Waals surface area (Å²) < 4.78 is 1.83. The second-order valence-corrected chi connectivity index (χ2v) is 4.63. The van der Waals surface area contributed by atoms with Gasteiger partial charge < -0.3 is 0 Å². The number of carbonyl (C=O) groups is 1. The van der Waals surface area contributed by atoms with E-state index in [-0.39, 0.29) is 0 Å². The molecule has 3 nitrogen and oxygen atoms in total. The lowest BCUT2D eigenvalue weighted by molar-refractivity contribution is 0.112. The number of hydrogen-bond acceptors (Lipinski definition) is 2. The Balaban J connectivity index is 2.26. The second-order valence-electron chi connectivity index (χ2n) is 4.63. The number of nitrogens with zero attached hydrogens (tertiary/aromatic N) is 2. The summed E-state index contributed by atoms with van der Waals surface area (Å²) in [5.41, 5.74) is 4.51. The minimum absolute atomic E-state index is 0.597. The van der Waals surface area contributed by atoms with Gasteiger partial charge in [0, 0.05) is 5.56 Å². The lowest BCUT2D eigenvalue weighted by Crippen LogP contribution is -2.01. The molecule has 0 aliphatic rings. The van der Waals surface area contributed by atoms with Crippen molar-refractivity contribution in [2.75, 3.05) is 0 Å². The number of aromatic nitrogens is 2. The van der Waals surface area contributed by atoms with Crippen LogP contribution in [0.2, 0.25) is 0 Å². The molecule has 0 aliphatic heterocycles. The van der Waals surface area contributed by atoms with Crippen LogP contribution in [0.5, 0.6) is 0 Å². The fourth-order valence-corrected chi connectivity index (χ4v) is 2.32. The lowest BCUT2D eigenvalue weighted by Gasteiger charge is -2.10. The Bertz CT molecular complexity index is 745. The van der Waals surface area contributed by atoms with Crippen molar-refractivity contribution in [2.45, 2.75) is 6.92 Å². The molecular formula is C17H14N2O. The number of aryl methyl sites for hydroxylation is 1. The molecule has 3 heteroatoms. The number of para-hydroxylation sites is 1. The van der Waals surface area contributed by atoms with E-state index in [1.165, 1.54) is 0 Å². The van der Waals surface area contributed by atoms with Crippen molar-refractivity contribution in [1.82, 2.24) is 9.78 Å². The van der Waals surface area contributed by atoms with Crippen LogP contribution in [0.1, 0.15) is 15.9 Å². The number of benzene rings is 2. The van der Waals surface area contributed by atoms with Gasteiger partial charge in [0.05, 0.1) is 23.1 Å². The molecule has 0 atom stereocenters. The van der Waals surface area contributed by atoms with Crippen molar-refractivity contribution in [1.29, 1.82) is 0 Å². The molecule has 0 unspecified atom stereocenters. The number of rotatable bonds is 3. The van der Waals surface area contributed by atoms with Gasteiger partial charge in [-0.1, -0.05) is 48.5 Å². The fraction of sp³-hybridized carbons (Fsp3) is 0.0588. The molecule has 0 N–H and O–H groups in total. The predicted octanol–water partition coefficient (Wildman–Crippen LogP) is 3.66. The van der Waals surface area contributed by atoms with Crippen LogP contribution in [-0.2, 0) is 0 Å². The Morgan fingerprint density at radius 1 is 1.00 bits per heavy atom. The van der Waals surface area contributed by atoms with Crippen LogP contribution in [-0.4, -0.2) is 16.1 Å². The molecule has 0 saturated carbocycles. The van der Waals surface area contributed by atoms with Crippen LogP contribution >= 0.6 is 0 Å². The van der Waals surface area contributed by atoms with Gasteiger partial charge in [-0.05, 0) is 18.6 Å². The first-order chi connectivity index (χ1) is 9.81. The topological polar surface area (TPSA) is 34.9 Å². The van der Waals surface area contributed by atoms with E-state index in [0.29, 0.717) is 5.56 Å². The van der Waals surface area contributed by atoms with Gasteiger partial charge in [-0.3, -0.25) is 4.79 Å². The third-order valence-electron chi connectivity index (χ3n) is 3.32. The van der Waals surface area contributed by atoms with E-state index in [2.05, 4.69) is 5.10 Å². The third kappa shape index (κ3) is 2.03. The number of hydrogen-bond donors (Lipinski definition) is 0. The molecule has 0 radical (unpaired) electrons. The van der Waals surface area contributed by atoms with Gasteiger partial charge in [0.1, 0.15) is 0 Å². The standard InChI is InChI=1S/C17H14N2O/c1-13-7-5-6-10-16(13)19-17(15(12-20)11-18-19)14-8-3-2-4-9-14/h2-12H,1H3.